The molecule has 0 spiro atoms. The van der Waals surface area contributed by atoms with Gasteiger partial charge in [0.2, 0.25) is 6.79 Å². The van der Waals surface area contributed by atoms with Crippen molar-refractivity contribution in [1.29, 1.82) is 5.26 Å². The monoisotopic (exact) mass is 1430 g/mol. The summed E-state index contributed by atoms with van der Waals surface area (Å²) in [6.45, 7) is 23.1. The second kappa shape index (κ2) is 29.2. The fourth-order valence-corrected chi connectivity index (χ4v) is 17.7. The van der Waals surface area contributed by atoms with Crippen molar-refractivity contribution < 1.29 is 57.2 Å². The first-order valence-corrected chi connectivity index (χ1v) is 36.7. The number of methoxy groups -OCH3 is 2. The first-order valence-electron chi connectivity index (χ1n) is 36.7. The number of piperazine rings is 1. The third kappa shape index (κ3) is 13.8. The molecule has 3 unspecified atom stereocenters. The average molecular weight is 1430 g/mol. The van der Waals surface area contributed by atoms with Crippen molar-refractivity contribution in [2.45, 2.75) is 136 Å². The molecule has 21 heteroatoms. The van der Waals surface area contributed by atoms with Gasteiger partial charge < -0.3 is 72.6 Å². The van der Waals surface area contributed by atoms with E-state index in [1.165, 1.54) is 17.7 Å². The number of aromatic nitrogens is 4. The van der Waals surface area contributed by atoms with Gasteiger partial charge in [0, 0.05) is 118 Å². The van der Waals surface area contributed by atoms with Crippen LogP contribution in [0.3, 0.4) is 0 Å². The number of carbonyl (C=O) groups excluding carboxylic acids is 2. The van der Waals surface area contributed by atoms with Crippen LogP contribution in [-0.4, -0.2) is 129 Å². The molecule has 9 atom stereocenters. The van der Waals surface area contributed by atoms with Crippen molar-refractivity contribution in [2.24, 2.45) is 22.7 Å². The summed E-state index contributed by atoms with van der Waals surface area (Å²) in [7, 11) is 5.30. The minimum Gasteiger partial charge on any atom is -0.508 e. The highest BCUT2D eigenvalue weighted by atomic mass is 16.8. The summed E-state index contributed by atoms with van der Waals surface area (Å²) < 4.78 is 53.3. The summed E-state index contributed by atoms with van der Waals surface area (Å²) in [6, 6.07) is 42.6. The Bertz CT molecular complexity index is 4980. The Hall–Kier alpha value is -10.3. The minimum absolute atomic E-state index is 0.0114. The van der Waals surface area contributed by atoms with Gasteiger partial charge in [-0.25, -0.2) is 14.5 Å². The number of phenolic OH excluding ortho intramolecular Hbond substituents is 1. The van der Waals surface area contributed by atoms with E-state index in [1.807, 2.05) is 96.8 Å². The Morgan fingerprint density at radius 3 is 2.39 bits per heavy atom. The molecule has 7 aromatic carbocycles. The average Bonchev–Trinajstić information content (AvgIpc) is 0.948. The largest absolute Gasteiger partial charge is 0.508 e. The van der Waals surface area contributed by atoms with Crippen LogP contribution >= 0.6 is 0 Å². The van der Waals surface area contributed by atoms with Crippen LogP contribution in [0.2, 0.25) is 0 Å². The molecule has 21 nitrogen and oxygen atoms in total. The molecule has 0 radical (unpaired) electrons. The van der Waals surface area contributed by atoms with Crippen LogP contribution < -0.4 is 29.6 Å². The number of aromatic hydroxyl groups is 1. The van der Waals surface area contributed by atoms with E-state index in [0.29, 0.717) is 54.9 Å². The molecule has 2 aliphatic carbocycles. The van der Waals surface area contributed by atoms with Gasteiger partial charge in [-0.15, -0.1) is 0 Å². The lowest BCUT2D eigenvalue weighted by atomic mass is 9.44. The van der Waals surface area contributed by atoms with Crippen LogP contribution in [0, 0.1) is 34.0 Å². The Labute approximate surface area is 618 Å². The van der Waals surface area contributed by atoms with E-state index in [-0.39, 0.29) is 64.8 Å². The van der Waals surface area contributed by atoms with Crippen molar-refractivity contribution in [2.75, 3.05) is 59.6 Å². The number of benzene rings is 7. The third-order valence-electron chi connectivity index (χ3n) is 23.5. The number of amides is 1. The zero-order valence-electron chi connectivity index (χ0n) is 61.8. The number of ether oxygens (including phenoxy) is 8. The van der Waals surface area contributed by atoms with Gasteiger partial charge in [-0.2, -0.15) is 5.26 Å². The maximum atomic E-state index is 13.9. The van der Waals surface area contributed by atoms with E-state index in [2.05, 4.69) is 154 Å². The second-order valence-electron chi connectivity index (χ2n) is 30.5. The van der Waals surface area contributed by atoms with Crippen LogP contribution in [-0.2, 0) is 61.1 Å². The van der Waals surface area contributed by atoms with E-state index >= 15 is 0 Å². The normalized spacial score (nSPS) is 24.7. The van der Waals surface area contributed by atoms with Crippen molar-refractivity contribution in [3.8, 4) is 40.6 Å². The van der Waals surface area contributed by atoms with Crippen LogP contribution in [0.1, 0.15) is 136 Å². The van der Waals surface area contributed by atoms with E-state index < -0.39 is 12.6 Å². The zero-order chi connectivity index (χ0) is 73.8. The molecule has 1 amide bonds. The van der Waals surface area contributed by atoms with Gasteiger partial charge in [0.25, 0.3) is 5.91 Å². The van der Waals surface area contributed by atoms with Crippen molar-refractivity contribution in [3.05, 3.63) is 221 Å². The SMILES string of the molecule is C=C1Nc2cccc3ccc(cc23)Oc2cc(ccc2C#N)Cn2cncc2CN[C@@H]1C.CN1CCN(C(=O)C2=C[N+](Cc3cncn3Cc3ccc4c(c3)OCO4)=CC2c2cccc3ccccc23)CC1.COC1OC(OC)c2c1cc(O)c1c2O[C@@]2(C)CC[C@H]3C(C)(C)[C@H](OC(C)=O)CC[C@]3(C)[C@H]2C1. The molecule has 1 saturated heterocycles. The molecule has 2 saturated carbocycles. The van der Waals surface area contributed by atoms with E-state index in [9.17, 15) is 20.0 Å². The summed E-state index contributed by atoms with van der Waals surface area (Å²) in [6.07, 6.45) is 14.8. The van der Waals surface area contributed by atoms with Gasteiger partial charge in [0.15, 0.2) is 43.0 Å². The Balaban J connectivity index is 0.000000128. The fourth-order valence-electron chi connectivity index (χ4n) is 17.7. The summed E-state index contributed by atoms with van der Waals surface area (Å²) in [5.74, 6) is 4.07. The molecule has 548 valence electrons. The number of nitriles is 1. The number of phenols is 1. The second-order valence-corrected chi connectivity index (χ2v) is 30.5. The molecule has 17 rings (SSSR count). The van der Waals surface area contributed by atoms with Crippen molar-refractivity contribution in [1.82, 2.24) is 34.2 Å². The summed E-state index contributed by atoms with van der Waals surface area (Å²) in [4.78, 5) is 38.8. The maximum absolute atomic E-state index is 13.9. The van der Waals surface area contributed by atoms with Gasteiger partial charge in [-0.3, -0.25) is 9.59 Å². The molecular weight excluding hydrogens is 1340 g/mol. The van der Waals surface area contributed by atoms with Crippen LogP contribution in [0.15, 0.2) is 170 Å². The molecule has 4 bridgehead atoms. The number of likely N-dealkylation sites (N-methyl/N-ethyl adjacent to an activating group) is 1. The Kier molecular flexibility index (Phi) is 19.6. The number of hydrogen-bond acceptors (Lipinski definition) is 17. The standard InChI is InChI=1S/C32H32N5O3.C27H38O7.C26H23N5O/c1-34-11-13-36(14-12-34)32(38)29-20-35(19-28(29)27-8-4-6-24-5-2-3-7-26(24)27)18-25-16-33-21-37(25)17-23-9-10-30-31(15-23)40-22-39-30;1-14(28)32-20-9-10-26(4)18(25(20,2)3)8-11-27(5)19(26)13-15-17(29)12-16-21(22(15)34-27)24(31-7)33-23(16)30-6;1-17-18(2)30-25-5-3-4-20-8-9-23(11-24(20)25)32-26-10-19(6-7-21(26)12-27)15-31-16-28-13-22(31)14-29-17/h2-10,15-16,19-21,28H,11-14,17-18,22H2,1H3;12,18-20,23-24,29H,8-11,13H2,1-7H3;3-11,13,16-17,29-30H,2,14-15H2,1H3/q+1;;/t;18-,19+,20+,23?,24?,26-,27-;17-/m.01/s1. The number of nitrogens with one attached hydrogen (secondary N) is 2. The number of fused-ring (bicyclic) bond motifs is 12. The number of imidazole rings is 2. The predicted octanol–water partition coefficient (Wildman–Crippen LogP) is 14.2. The number of rotatable bonds is 9. The van der Waals surface area contributed by atoms with E-state index in [0.717, 1.165) is 142 Å². The molecular formula is C85H93N10O11+. The topological polar surface area (TPSA) is 221 Å². The van der Waals surface area contributed by atoms with E-state index in [4.69, 9.17) is 37.9 Å². The van der Waals surface area contributed by atoms with Gasteiger partial charge in [0.05, 0.1) is 47.2 Å². The lowest BCUT2D eigenvalue weighted by Crippen LogP contribution is -2.64. The molecule has 6 aliphatic heterocycles. The number of anilines is 1. The molecule has 8 heterocycles. The van der Waals surface area contributed by atoms with Gasteiger partial charge in [-0.1, -0.05) is 100 Å². The molecule has 3 N–H and O–H groups in total. The fraction of sp³-hybridized carbons (Fsp3) is 0.388. The number of nitrogens with zero attached hydrogens (tertiary/aromatic N) is 8. The molecule has 9 aromatic rings. The molecule has 106 heavy (non-hydrogen) atoms. The van der Waals surface area contributed by atoms with Gasteiger partial charge >= 0.3 is 5.97 Å². The number of carbonyl (C=O) groups is 2. The highest BCUT2D eigenvalue weighted by Crippen LogP contribution is 2.66. The predicted molar refractivity (Wildman–Crippen MR) is 403 cm³/mol. The highest BCUT2D eigenvalue weighted by Gasteiger charge is 2.64. The van der Waals surface area contributed by atoms with Crippen molar-refractivity contribution in [3.63, 3.8) is 0 Å². The molecule has 2 aromatic heterocycles. The molecule has 8 aliphatic rings. The summed E-state index contributed by atoms with van der Waals surface area (Å²) in [5.41, 5.74) is 10.5. The van der Waals surface area contributed by atoms with Gasteiger partial charge in [0.1, 0.15) is 46.5 Å². The summed E-state index contributed by atoms with van der Waals surface area (Å²) in [5, 5.41) is 32.2. The smallest absolute Gasteiger partial charge is 0.302 e. The number of esters is 1. The van der Waals surface area contributed by atoms with Crippen LogP contribution in [0.5, 0.6) is 34.5 Å². The van der Waals surface area contributed by atoms with Crippen LogP contribution in [0.25, 0.3) is 21.5 Å². The number of hydrogen-bond donors (Lipinski definition) is 3. The zero-order valence-corrected chi connectivity index (χ0v) is 61.8. The maximum Gasteiger partial charge on any atom is 0.302 e. The van der Waals surface area contributed by atoms with Crippen molar-refractivity contribution >= 4 is 45.3 Å². The minimum atomic E-state index is -0.601. The first-order chi connectivity index (χ1) is 51.2. The lowest BCUT2D eigenvalue weighted by molar-refractivity contribution is -0.468. The third-order valence-corrected chi connectivity index (χ3v) is 23.5. The van der Waals surface area contributed by atoms with Crippen LogP contribution in [0.4, 0.5) is 5.69 Å². The molecule has 3 fully saturated rings. The summed E-state index contributed by atoms with van der Waals surface area (Å²) >= 11 is 0. The first kappa shape index (κ1) is 71.3. The Morgan fingerprint density at radius 1 is 0.811 bits per heavy atom. The van der Waals surface area contributed by atoms with Gasteiger partial charge in [-0.05, 0) is 146 Å². The quantitative estimate of drug-likeness (QED) is 0.0903. The van der Waals surface area contributed by atoms with E-state index in [1.54, 1.807) is 20.3 Å². The highest BCUT2D eigenvalue weighted by molar-refractivity contribution is 6.02. The Morgan fingerprint density at radius 2 is 1.58 bits per heavy atom. The lowest BCUT2D eigenvalue weighted by Gasteiger charge is -2.64.